The van der Waals surface area contributed by atoms with Crippen LogP contribution in [0.3, 0.4) is 0 Å². The van der Waals surface area contributed by atoms with E-state index >= 15 is 0 Å². The lowest BCUT2D eigenvalue weighted by Gasteiger charge is -2.10. The quantitative estimate of drug-likeness (QED) is 0.525. The molecule has 0 amide bonds. The fourth-order valence-electron chi connectivity index (χ4n) is 2.41. The lowest BCUT2D eigenvalue weighted by Crippen LogP contribution is -2.08. The molecule has 0 aliphatic rings. The maximum atomic E-state index is 9.35. The van der Waals surface area contributed by atoms with Crippen LogP contribution in [-0.4, -0.2) is 9.97 Å². The first-order valence-corrected chi connectivity index (χ1v) is 9.07. The molecule has 130 valence electrons. The Balaban J connectivity index is 1.76. The van der Waals surface area contributed by atoms with E-state index < -0.39 is 0 Å². The fraction of sp³-hybridized carbons (Fsp3) is 0.150. The standard InChI is InChI=1S/C20H18N4OS/c1-14-6-5-7-15(10-14)13-26-20-23-18(17(11-21)19(22)24-20)12-25-16-8-3-2-4-9-16/h2-10H,12-13H2,1H3,(H2,22,23,24). The van der Waals surface area contributed by atoms with Gasteiger partial charge in [-0.15, -0.1) is 0 Å². The van der Waals surface area contributed by atoms with Gasteiger partial charge in [0.15, 0.2) is 5.16 Å². The number of hydrogen-bond acceptors (Lipinski definition) is 6. The summed E-state index contributed by atoms with van der Waals surface area (Å²) in [6.07, 6.45) is 0. The van der Waals surface area contributed by atoms with Gasteiger partial charge in [-0.1, -0.05) is 59.8 Å². The SMILES string of the molecule is Cc1cccc(CSc2nc(N)c(C#N)c(COc3ccccc3)n2)c1. The van der Waals surface area contributed by atoms with Gasteiger partial charge in [-0.25, -0.2) is 9.97 Å². The highest BCUT2D eigenvalue weighted by atomic mass is 32.2. The van der Waals surface area contributed by atoms with E-state index in [1.165, 1.54) is 22.9 Å². The third-order valence-corrected chi connectivity index (χ3v) is 4.59. The van der Waals surface area contributed by atoms with Gasteiger partial charge in [0.1, 0.15) is 35.5 Å². The number of thioether (sulfide) groups is 1. The largest absolute Gasteiger partial charge is 0.487 e. The zero-order valence-electron chi connectivity index (χ0n) is 14.3. The van der Waals surface area contributed by atoms with Gasteiger partial charge in [-0.2, -0.15) is 5.26 Å². The highest BCUT2D eigenvalue weighted by Gasteiger charge is 2.13. The Hall–Kier alpha value is -3.04. The Morgan fingerprint density at radius 2 is 1.92 bits per heavy atom. The van der Waals surface area contributed by atoms with Crippen LogP contribution in [0, 0.1) is 18.3 Å². The third kappa shape index (κ3) is 4.52. The molecule has 0 saturated heterocycles. The first kappa shape index (κ1) is 17.8. The van der Waals surface area contributed by atoms with Crippen molar-refractivity contribution in [2.45, 2.75) is 24.4 Å². The van der Waals surface area contributed by atoms with Gasteiger partial charge in [-0.05, 0) is 24.6 Å². The molecule has 1 heterocycles. The first-order chi connectivity index (χ1) is 12.7. The van der Waals surface area contributed by atoms with Gasteiger partial charge in [0.25, 0.3) is 0 Å². The number of ether oxygens (including phenoxy) is 1. The van der Waals surface area contributed by atoms with Crippen molar-refractivity contribution in [3.63, 3.8) is 0 Å². The van der Waals surface area contributed by atoms with E-state index in [1.54, 1.807) is 0 Å². The van der Waals surface area contributed by atoms with E-state index in [1.807, 2.05) is 36.4 Å². The normalized spacial score (nSPS) is 10.3. The first-order valence-electron chi connectivity index (χ1n) is 8.08. The van der Waals surface area contributed by atoms with Crippen molar-refractivity contribution in [2.24, 2.45) is 0 Å². The number of nitrogens with two attached hydrogens (primary N) is 1. The molecule has 26 heavy (non-hydrogen) atoms. The molecule has 0 unspecified atom stereocenters. The lowest BCUT2D eigenvalue weighted by atomic mass is 10.2. The molecule has 6 heteroatoms. The summed E-state index contributed by atoms with van der Waals surface area (Å²) in [6.45, 7) is 2.22. The summed E-state index contributed by atoms with van der Waals surface area (Å²) in [7, 11) is 0. The van der Waals surface area contributed by atoms with E-state index in [2.05, 4.69) is 41.2 Å². The average Bonchev–Trinajstić information content (AvgIpc) is 2.65. The van der Waals surface area contributed by atoms with Crippen molar-refractivity contribution in [3.8, 4) is 11.8 Å². The van der Waals surface area contributed by atoms with Crippen molar-refractivity contribution >= 4 is 17.6 Å². The van der Waals surface area contributed by atoms with E-state index in [-0.39, 0.29) is 18.0 Å². The summed E-state index contributed by atoms with van der Waals surface area (Å²) >= 11 is 1.48. The van der Waals surface area contributed by atoms with Crippen molar-refractivity contribution in [1.82, 2.24) is 9.97 Å². The van der Waals surface area contributed by atoms with Crippen molar-refractivity contribution in [3.05, 3.63) is 77.0 Å². The number of aryl methyl sites for hydroxylation is 1. The van der Waals surface area contributed by atoms with Crippen LogP contribution in [0.15, 0.2) is 59.8 Å². The van der Waals surface area contributed by atoms with Crippen molar-refractivity contribution in [2.75, 3.05) is 5.73 Å². The molecule has 0 spiro atoms. The summed E-state index contributed by atoms with van der Waals surface area (Å²) < 4.78 is 5.72. The summed E-state index contributed by atoms with van der Waals surface area (Å²) in [6, 6.07) is 19.7. The molecule has 0 atom stereocenters. The zero-order valence-corrected chi connectivity index (χ0v) is 15.2. The maximum Gasteiger partial charge on any atom is 0.190 e. The van der Waals surface area contributed by atoms with Crippen LogP contribution in [0.25, 0.3) is 0 Å². The maximum absolute atomic E-state index is 9.35. The summed E-state index contributed by atoms with van der Waals surface area (Å²) in [5, 5.41) is 9.89. The van der Waals surface area contributed by atoms with E-state index in [4.69, 9.17) is 10.5 Å². The lowest BCUT2D eigenvalue weighted by molar-refractivity contribution is 0.299. The number of aromatic nitrogens is 2. The molecule has 2 N–H and O–H groups in total. The number of para-hydroxylation sites is 1. The molecule has 5 nitrogen and oxygen atoms in total. The zero-order chi connectivity index (χ0) is 18.4. The molecule has 2 aromatic carbocycles. The average molecular weight is 362 g/mol. The summed E-state index contributed by atoms with van der Waals surface area (Å²) in [5.74, 6) is 1.62. The molecule has 1 aromatic heterocycles. The fourth-order valence-corrected chi connectivity index (χ4v) is 3.23. The van der Waals surface area contributed by atoms with Gasteiger partial charge in [0.2, 0.25) is 0 Å². The monoisotopic (exact) mass is 362 g/mol. The Bertz CT molecular complexity index is 938. The molecule has 0 aliphatic heterocycles. The van der Waals surface area contributed by atoms with Crippen LogP contribution in [0.2, 0.25) is 0 Å². The van der Waals surface area contributed by atoms with Crippen LogP contribution in [0.5, 0.6) is 5.75 Å². The molecule has 0 saturated carbocycles. The van der Waals surface area contributed by atoms with E-state index in [9.17, 15) is 5.26 Å². The van der Waals surface area contributed by atoms with Crippen LogP contribution >= 0.6 is 11.8 Å². The Kier molecular flexibility index (Phi) is 5.72. The number of nitrogen functional groups attached to an aromatic ring is 1. The summed E-state index contributed by atoms with van der Waals surface area (Å²) in [5.41, 5.74) is 9.11. The number of rotatable bonds is 6. The molecule has 0 fully saturated rings. The molecule has 3 aromatic rings. The molecule has 0 radical (unpaired) electrons. The van der Waals surface area contributed by atoms with E-state index in [0.29, 0.717) is 16.6 Å². The number of benzene rings is 2. The molecule has 0 aliphatic carbocycles. The Morgan fingerprint density at radius 3 is 2.65 bits per heavy atom. The number of anilines is 1. The third-order valence-electron chi connectivity index (χ3n) is 3.67. The van der Waals surface area contributed by atoms with Gasteiger partial charge in [0, 0.05) is 5.75 Å². The predicted octanol–water partition coefficient (Wildman–Crippen LogP) is 4.11. The number of nitriles is 1. The molecular formula is C20H18N4OS. The van der Waals surface area contributed by atoms with Crippen molar-refractivity contribution < 1.29 is 4.74 Å². The van der Waals surface area contributed by atoms with Crippen LogP contribution in [-0.2, 0) is 12.4 Å². The minimum atomic E-state index is 0.164. The van der Waals surface area contributed by atoms with Gasteiger partial charge >= 0.3 is 0 Å². The highest BCUT2D eigenvalue weighted by molar-refractivity contribution is 7.98. The molecule has 0 bridgehead atoms. The minimum absolute atomic E-state index is 0.164. The van der Waals surface area contributed by atoms with E-state index in [0.717, 1.165) is 5.75 Å². The topological polar surface area (TPSA) is 84.8 Å². The minimum Gasteiger partial charge on any atom is -0.487 e. The van der Waals surface area contributed by atoms with Crippen LogP contribution in [0.4, 0.5) is 5.82 Å². The Morgan fingerprint density at radius 1 is 1.12 bits per heavy atom. The Labute approximate surface area is 156 Å². The van der Waals surface area contributed by atoms with Crippen LogP contribution in [0.1, 0.15) is 22.4 Å². The van der Waals surface area contributed by atoms with Gasteiger partial charge < -0.3 is 10.5 Å². The van der Waals surface area contributed by atoms with Gasteiger partial charge in [-0.3, -0.25) is 0 Å². The van der Waals surface area contributed by atoms with Crippen molar-refractivity contribution in [1.29, 1.82) is 5.26 Å². The number of hydrogen-bond donors (Lipinski definition) is 1. The summed E-state index contributed by atoms with van der Waals surface area (Å²) in [4.78, 5) is 8.73. The second-order valence-electron chi connectivity index (χ2n) is 5.70. The molecular weight excluding hydrogens is 344 g/mol. The second-order valence-corrected chi connectivity index (χ2v) is 6.65. The highest BCUT2D eigenvalue weighted by Crippen LogP contribution is 2.24. The van der Waals surface area contributed by atoms with Crippen LogP contribution < -0.4 is 10.5 Å². The predicted molar refractivity (Wildman–Crippen MR) is 103 cm³/mol. The number of nitrogens with zero attached hydrogens (tertiary/aromatic N) is 3. The van der Waals surface area contributed by atoms with Gasteiger partial charge in [0.05, 0.1) is 0 Å². The second kappa shape index (κ2) is 8.37. The smallest absolute Gasteiger partial charge is 0.190 e. The molecule has 3 rings (SSSR count).